The highest BCUT2D eigenvalue weighted by Crippen LogP contribution is 2.21. The molecule has 0 unspecified atom stereocenters. The summed E-state index contributed by atoms with van der Waals surface area (Å²) in [5.41, 5.74) is 4.39. The van der Waals surface area contributed by atoms with E-state index in [0.717, 1.165) is 5.01 Å². The van der Waals surface area contributed by atoms with Crippen molar-refractivity contribution in [2.45, 2.75) is 51.9 Å². The average molecular weight is 274 g/mol. The van der Waals surface area contributed by atoms with Crippen LogP contribution in [0.2, 0.25) is 0 Å². The van der Waals surface area contributed by atoms with Gasteiger partial charge in [0.05, 0.1) is 0 Å². The molecule has 0 aliphatic heterocycles. The summed E-state index contributed by atoms with van der Waals surface area (Å²) in [6.45, 7) is 2.26. The summed E-state index contributed by atoms with van der Waals surface area (Å²) >= 11 is 1.59. The predicted molar refractivity (Wildman–Crippen MR) is 82.4 cm³/mol. The van der Waals surface area contributed by atoms with Gasteiger partial charge in [-0.05, 0) is 18.4 Å². The molecule has 0 saturated carbocycles. The van der Waals surface area contributed by atoms with E-state index in [0.29, 0.717) is 0 Å². The lowest BCUT2D eigenvalue weighted by atomic mass is 10.0. The standard InChI is InChI=1S/C16H22N2S/c1-2-3-4-5-6-7-8-14-9-11-15(12-10-14)16-18-17-13-19-16/h9-13H,2-8H2,1H3. The van der Waals surface area contributed by atoms with Crippen LogP contribution in [-0.4, -0.2) is 10.2 Å². The normalized spacial score (nSPS) is 10.8. The Morgan fingerprint density at radius 1 is 0.947 bits per heavy atom. The molecule has 3 heteroatoms. The fourth-order valence-electron chi connectivity index (χ4n) is 2.22. The van der Waals surface area contributed by atoms with Crippen molar-refractivity contribution in [1.29, 1.82) is 0 Å². The van der Waals surface area contributed by atoms with E-state index in [2.05, 4.69) is 41.4 Å². The zero-order valence-corrected chi connectivity index (χ0v) is 12.5. The molecular weight excluding hydrogens is 252 g/mol. The molecule has 1 aromatic carbocycles. The molecule has 0 atom stereocenters. The number of hydrogen-bond donors (Lipinski definition) is 0. The van der Waals surface area contributed by atoms with Gasteiger partial charge in [0.15, 0.2) is 0 Å². The topological polar surface area (TPSA) is 25.8 Å². The molecule has 0 spiro atoms. The zero-order valence-electron chi connectivity index (χ0n) is 11.6. The molecule has 2 nitrogen and oxygen atoms in total. The Hall–Kier alpha value is -1.22. The second kappa shape index (κ2) is 8.05. The van der Waals surface area contributed by atoms with E-state index in [1.165, 1.54) is 56.1 Å². The first-order chi connectivity index (χ1) is 9.40. The summed E-state index contributed by atoms with van der Waals surface area (Å²) in [6.07, 6.45) is 9.36. The number of aromatic nitrogens is 2. The first-order valence-corrected chi connectivity index (χ1v) is 8.13. The van der Waals surface area contributed by atoms with Crippen LogP contribution in [0.15, 0.2) is 29.8 Å². The Bertz CT molecular complexity index is 448. The Morgan fingerprint density at radius 3 is 2.37 bits per heavy atom. The maximum Gasteiger partial charge on any atom is 0.147 e. The van der Waals surface area contributed by atoms with E-state index in [1.807, 2.05) is 0 Å². The second-order valence-electron chi connectivity index (χ2n) is 4.96. The van der Waals surface area contributed by atoms with Gasteiger partial charge in [-0.3, -0.25) is 0 Å². The van der Waals surface area contributed by atoms with Crippen LogP contribution >= 0.6 is 11.3 Å². The Morgan fingerprint density at radius 2 is 1.68 bits per heavy atom. The van der Waals surface area contributed by atoms with Crippen LogP contribution in [-0.2, 0) is 6.42 Å². The number of hydrogen-bond acceptors (Lipinski definition) is 3. The van der Waals surface area contributed by atoms with Gasteiger partial charge >= 0.3 is 0 Å². The SMILES string of the molecule is CCCCCCCCc1ccc(-c2nncs2)cc1. The Kier molecular flexibility index (Phi) is 6.02. The highest BCUT2D eigenvalue weighted by Gasteiger charge is 2.01. The van der Waals surface area contributed by atoms with Gasteiger partial charge < -0.3 is 0 Å². The minimum atomic E-state index is 1.01. The smallest absolute Gasteiger partial charge is 0.147 e. The molecular formula is C16H22N2S. The first-order valence-electron chi connectivity index (χ1n) is 7.25. The van der Waals surface area contributed by atoms with Crippen molar-refractivity contribution in [3.8, 4) is 10.6 Å². The van der Waals surface area contributed by atoms with E-state index in [-0.39, 0.29) is 0 Å². The van der Waals surface area contributed by atoms with E-state index in [4.69, 9.17) is 0 Å². The van der Waals surface area contributed by atoms with Gasteiger partial charge in [-0.1, -0.05) is 74.6 Å². The number of aryl methyl sites for hydroxylation is 1. The van der Waals surface area contributed by atoms with Crippen molar-refractivity contribution < 1.29 is 0 Å². The van der Waals surface area contributed by atoms with E-state index >= 15 is 0 Å². The van der Waals surface area contributed by atoms with Gasteiger partial charge in [0, 0.05) is 5.56 Å². The van der Waals surface area contributed by atoms with Crippen LogP contribution < -0.4 is 0 Å². The molecule has 1 aromatic heterocycles. The summed E-state index contributed by atoms with van der Waals surface area (Å²) in [5.74, 6) is 0. The van der Waals surface area contributed by atoms with E-state index < -0.39 is 0 Å². The summed E-state index contributed by atoms with van der Waals surface area (Å²) in [5, 5.41) is 8.97. The number of unbranched alkanes of at least 4 members (excludes halogenated alkanes) is 5. The van der Waals surface area contributed by atoms with Crippen LogP contribution in [0.3, 0.4) is 0 Å². The minimum absolute atomic E-state index is 1.01. The third-order valence-corrected chi connectivity index (χ3v) is 4.12. The second-order valence-corrected chi connectivity index (χ2v) is 5.79. The Labute approximate surface area is 119 Å². The van der Waals surface area contributed by atoms with Crippen molar-refractivity contribution in [2.24, 2.45) is 0 Å². The highest BCUT2D eigenvalue weighted by molar-refractivity contribution is 7.12. The molecule has 0 fully saturated rings. The number of nitrogens with zero attached hydrogens (tertiary/aromatic N) is 2. The fourth-order valence-corrected chi connectivity index (χ4v) is 2.78. The molecule has 0 N–H and O–H groups in total. The quantitative estimate of drug-likeness (QED) is 0.625. The molecule has 102 valence electrons. The van der Waals surface area contributed by atoms with Gasteiger partial charge in [0.2, 0.25) is 0 Å². The number of benzene rings is 1. The lowest BCUT2D eigenvalue weighted by molar-refractivity contribution is 0.607. The molecule has 0 aliphatic carbocycles. The lowest BCUT2D eigenvalue weighted by Gasteiger charge is -2.03. The molecule has 0 aliphatic rings. The van der Waals surface area contributed by atoms with Crippen molar-refractivity contribution in [1.82, 2.24) is 10.2 Å². The van der Waals surface area contributed by atoms with Crippen LogP contribution in [0.25, 0.3) is 10.6 Å². The monoisotopic (exact) mass is 274 g/mol. The van der Waals surface area contributed by atoms with Crippen LogP contribution in [0, 0.1) is 0 Å². The Balaban J connectivity index is 1.73. The minimum Gasteiger partial charge on any atom is -0.147 e. The van der Waals surface area contributed by atoms with Crippen LogP contribution in [0.1, 0.15) is 51.0 Å². The van der Waals surface area contributed by atoms with Crippen molar-refractivity contribution in [3.63, 3.8) is 0 Å². The summed E-state index contributed by atoms with van der Waals surface area (Å²) in [7, 11) is 0. The maximum absolute atomic E-state index is 4.09. The van der Waals surface area contributed by atoms with Crippen molar-refractivity contribution in [3.05, 3.63) is 35.3 Å². The zero-order chi connectivity index (χ0) is 13.3. The third kappa shape index (κ3) is 4.75. The van der Waals surface area contributed by atoms with Crippen LogP contribution in [0.4, 0.5) is 0 Å². The van der Waals surface area contributed by atoms with Gasteiger partial charge in [-0.15, -0.1) is 10.2 Å². The highest BCUT2D eigenvalue weighted by atomic mass is 32.1. The maximum atomic E-state index is 4.09. The predicted octanol–water partition coefficient (Wildman–Crippen LogP) is 5.11. The molecule has 0 amide bonds. The summed E-state index contributed by atoms with van der Waals surface area (Å²) in [6, 6.07) is 8.77. The molecule has 1 heterocycles. The van der Waals surface area contributed by atoms with Gasteiger partial charge in [-0.2, -0.15) is 0 Å². The third-order valence-electron chi connectivity index (χ3n) is 3.38. The van der Waals surface area contributed by atoms with Crippen molar-refractivity contribution >= 4 is 11.3 Å². The summed E-state index contributed by atoms with van der Waals surface area (Å²) in [4.78, 5) is 0. The van der Waals surface area contributed by atoms with Gasteiger partial charge in [0.25, 0.3) is 0 Å². The molecule has 0 saturated heterocycles. The molecule has 19 heavy (non-hydrogen) atoms. The molecule has 2 rings (SSSR count). The van der Waals surface area contributed by atoms with Crippen molar-refractivity contribution in [2.75, 3.05) is 0 Å². The molecule has 2 aromatic rings. The van der Waals surface area contributed by atoms with Crippen LogP contribution in [0.5, 0.6) is 0 Å². The van der Waals surface area contributed by atoms with Gasteiger partial charge in [-0.25, -0.2) is 0 Å². The molecule has 0 bridgehead atoms. The van der Waals surface area contributed by atoms with E-state index in [1.54, 1.807) is 16.8 Å². The largest absolute Gasteiger partial charge is 0.147 e. The molecule has 0 radical (unpaired) electrons. The summed E-state index contributed by atoms with van der Waals surface area (Å²) < 4.78 is 0. The fraction of sp³-hybridized carbons (Fsp3) is 0.500. The number of rotatable bonds is 8. The van der Waals surface area contributed by atoms with E-state index in [9.17, 15) is 0 Å². The first kappa shape index (κ1) is 14.2. The lowest BCUT2D eigenvalue weighted by Crippen LogP contribution is -1.87. The van der Waals surface area contributed by atoms with Gasteiger partial charge in [0.1, 0.15) is 10.5 Å². The average Bonchev–Trinajstić information content (AvgIpc) is 2.97.